The number of alkyl carbamates (subject to hydrolysis) is 1. The van der Waals surface area contributed by atoms with E-state index in [1.807, 2.05) is 0 Å². The van der Waals surface area contributed by atoms with E-state index in [1.165, 1.54) is 30.3 Å². The molecule has 3 N–H and O–H groups in total. The van der Waals surface area contributed by atoms with E-state index in [1.54, 1.807) is 45.0 Å². The van der Waals surface area contributed by atoms with Crippen LogP contribution in [0.15, 0.2) is 59.5 Å². The molecule has 0 aromatic heterocycles. The summed E-state index contributed by atoms with van der Waals surface area (Å²) in [6, 6.07) is 13.6. The molecule has 0 aliphatic heterocycles. The minimum Gasteiger partial charge on any atom is -0.444 e. The first kappa shape index (κ1) is 21.3. The number of benzene rings is 2. The largest absolute Gasteiger partial charge is 0.444 e. The van der Waals surface area contributed by atoms with Gasteiger partial charge in [0.25, 0.3) is 0 Å². The first-order chi connectivity index (χ1) is 13.5. The first-order valence-corrected chi connectivity index (χ1v) is 10.8. The van der Waals surface area contributed by atoms with Crippen molar-refractivity contribution in [1.29, 1.82) is 0 Å². The van der Waals surface area contributed by atoms with E-state index in [0.717, 1.165) is 0 Å². The second-order valence-corrected chi connectivity index (χ2v) is 10.3. The number of carbonyl (C=O) groups excluding carboxylic acids is 1. The van der Waals surface area contributed by atoms with E-state index in [0.29, 0.717) is 5.56 Å². The van der Waals surface area contributed by atoms with Crippen LogP contribution in [0, 0.1) is 5.82 Å². The number of nitrogens with two attached hydrogens (primary N) is 1. The second kappa shape index (κ2) is 7.42. The average Bonchev–Trinajstić information content (AvgIpc) is 3.30. The molecule has 0 spiro atoms. The number of nitrogens with one attached hydrogen (secondary N) is 1. The van der Waals surface area contributed by atoms with E-state index in [2.05, 4.69) is 5.32 Å². The van der Waals surface area contributed by atoms with Gasteiger partial charge in [0.1, 0.15) is 16.7 Å². The molecule has 1 saturated carbocycles. The van der Waals surface area contributed by atoms with Gasteiger partial charge in [-0.05, 0) is 50.6 Å². The van der Waals surface area contributed by atoms with Crippen molar-refractivity contribution in [3.63, 3.8) is 0 Å². The highest BCUT2D eigenvalue weighted by molar-refractivity contribution is 7.92. The van der Waals surface area contributed by atoms with Gasteiger partial charge in [-0.15, -0.1) is 0 Å². The van der Waals surface area contributed by atoms with Crippen molar-refractivity contribution in [2.75, 3.05) is 6.54 Å². The third-order valence-corrected chi connectivity index (χ3v) is 7.23. The molecule has 0 radical (unpaired) electrons. The Bertz CT molecular complexity index is 1000. The molecule has 1 aliphatic rings. The minimum atomic E-state index is -3.86. The van der Waals surface area contributed by atoms with Crippen LogP contribution < -0.4 is 11.1 Å². The summed E-state index contributed by atoms with van der Waals surface area (Å²) < 4.78 is 45.9. The van der Waals surface area contributed by atoms with Crippen molar-refractivity contribution in [1.82, 2.24) is 5.32 Å². The van der Waals surface area contributed by atoms with E-state index in [4.69, 9.17) is 10.5 Å². The highest BCUT2D eigenvalue weighted by Crippen LogP contribution is 2.57. The Hall–Kier alpha value is -2.45. The molecule has 1 amide bonds. The SMILES string of the molecule is CC(C)(C)OC(=O)N[C@]1(CN)[C@H](c2cccc(F)c2)[C@@H]1S(=O)(=O)c1ccccc1. The fraction of sp³-hybridized carbons (Fsp3) is 0.381. The maximum Gasteiger partial charge on any atom is 0.408 e. The van der Waals surface area contributed by atoms with Gasteiger partial charge in [-0.3, -0.25) is 0 Å². The summed E-state index contributed by atoms with van der Waals surface area (Å²) in [7, 11) is -3.86. The summed E-state index contributed by atoms with van der Waals surface area (Å²) in [6.07, 6.45) is -0.768. The zero-order valence-electron chi connectivity index (χ0n) is 16.6. The Morgan fingerprint density at radius 1 is 1.17 bits per heavy atom. The van der Waals surface area contributed by atoms with Gasteiger partial charge in [-0.1, -0.05) is 30.3 Å². The molecule has 2 aromatic rings. The molecule has 29 heavy (non-hydrogen) atoms. The second-order valence-electron chi connectivity index (χ2n) is 8.18. The number of sulfone groups is 1. The lowest BCUT2D eigenvalue weighted by atomic mass is 10.1. The summed E-state index contributed by atoms with van der Waals surface area (Å²) in [4.78, 5) is 12.6. The molecule has 8 heteroatoms. The van der Waals surface area contributed by atoms with Crippen molar-refractivity contribution < 1.29 is 22.3 Å². The molecule has 3 atom stereocenters. The van der Waals surface area contributed by atoms with E-state index >= 15 is 0 Å². The Balaban J connectivity index is 2.04. The average molecular weight is 421 g/mol. The number of hydrogen-bond acceptors (Lipinski definition) is 5. The maximum atomic E-state index is 13.8. The van der Waals surface area contributed by atoms with Crippen molar-refractivity contribution in [2.24, 2.45) is 5.73 Å². The standard InChI is InChI=1S/C21H25FN2O4S/c1-20(2,3)28-19(25)24-21(13-23)17(14-8-7-9-15(22)12-14)18(21)29(26,27)16-10-5-4-6-11-16/h4-12,17-18H,13,23H2,1-3H3,(H,24,25)/t17-,18+,21-/m1/s1. The molecule has 1 fully saturated rings. The third kappa shape index (κ3) is 4.13. The maximum absolute atomic E-state index is 13.8. The molecule has 0 saturated heterocycles. The smallest absolute Gasteiger partial charge is 0.408 e. The van der Waals surface area contributed by atoms with Crippen LogP contribution in [-0.2, 0) is 14.6 Å². The van der Waals surface area contributed by atoms with Gasteiger partial charge in [0.2, 0.25) is 0 Å². The summed E-state index contributed by atoms with van der Waals surface area (Å²) in [5.41, 5.74) is 4.37. The number of amides is 1. The molecular weight excluding hydrogens is 395 g/mol. The van der Waals surface area contributed by atoms with Crippen LogP contribution in [0.3, 0.4) is 0 Å². The molecule has 0 bridgehead atoms. The number of rotatable bonds is 5. The van der Waals surface area contributed by atoms with Crippen molar-refractivity contribution in [2.45, 2.75) is 48.0 Å². The Kier molecular flexibility index (Phi) is 5.44. The van der Waals surface area contributed by atoms with Crippen LogP contribution in [0.1, 0.15) is 32.3 Å². The molecule has 156 valence electrons. The number of hydrogen-bond donors (Lipinski definition) is 2. The lowest BCUT2D eigenvalue weighted by molar-refractivity contribution is 0.0497. The van der Waals surface area contributed by atoms with E-state index in [9.17, 15) is 17.6 Å². The van der Waals surface area contributed by atoms with Gasteiger partial charge >= 0.3 is 6.09 Å². The monoisotopic (exact) mass is 420 g/mol. The molecule has 1 aliphatic carbocycles. The van der Waals surface area contributed by atoms with Gasteiger partial charge in [0.05, 0.1) is 10.4 Å². The fourth-order valence-corrected chi connectivity index (χ4v) is 6.09. The molecule has 3 rings (SSSR count). The van der Waals surface area contributed by atoms with E-state index in [-0.39, 0.29) is 11.4 Å². The van der Waals surface area contributed by atoms with Crippen molar-refractivity contribution >= 4 is 15.9 Å². The molecule has 0 heterocycles. The lowest BCUT2D eigenvalue weighted by Gasteiger charge is -2.24. The summed E-state index contributed by atoms with van der Waals surface area (Å²) in [5, 5.41) is 1.64. The van der Waals surface area contributed by atoms with Gasteiger partial charge in [0, 0.05) is 12.5 Å². The third-order valence-electron chi connectivity index (χ3n) is 4.94. The van der Waals surface area contributed by atoms with Crippen LogP contribution in [0.4, 0.5) is 9.18 Å². The van der Waals surface area contributed by atoms with Crippen LogP contribution in [0.2, 0.25) is 0 Å². The normalized spacial score (nSPS) is 24.0. The Labute approximate surface area is 170 Å². The fourth-order valence-electron chi connectivity index (χ4n) is 3.73. The minimum absolute atomic E-state index is 0.118. The zero-order valence-corrected chi connectivity index (χ0v) is 17.4. The molecule has 6 nitrogen and oxygen atoms in total. The van der Waals surface area contributed by atoms with Crippen LogP contribution in [0.5, 0.6) is 0 Å². The van der Waals surface area contributed by atoms with Crippen molar-refractivity contribution in [3.8, 4) is 0 Å². The van der Waals surface area contributed by atoms with Crippen LogP contribution >= 0.6 is 0 Å². The van der Waals surface area contributed by atoms with Gasteiger partial charge in [-0.2, -0.15) is 0 Å². The molecule has 2 aromatic carbocycles. The molecular formula is C21H25FN2O4S. The number of halogens is 1. The number of carbonyl (C=O) groups is 1. The predicted molar refractivity (Wildman–Crippen MR) is 108 cm³/mol. The lowest BCUT2D eigenvalue weighted by Crippen LogP contribution is -2.49. The van der Waals surface area contributed by atoms with Gasteiger partial charge in [-0.25, -0.2) is 17.6 Å². The zero-order chi connectivity index (χ0) is 21.4. The quantitative estimate of drug-likeness (QED) is 0.775. The van der Waals surface area contributed by atoms with E-state index < -0.39 is 44.1 Å². The summed E-state index contributed by atoms with van der Waals surface area (Å²) >= 11 is 0. The Morgan fingerprint density at radius 2 is 1.83 bits per heavy atom. The van der Waals surface area contributed by atoms with Crippen molar-refractivity contribution in [3.05, 3.63) is 66.0 Å². The molecule has 0 unspecified atom stereocenters. The van der Waals surface area contributed by atoms with Crippen LogP contribution in [0.25, 0.3) is 0 Å². The Morgan fingerprint density at radius 3 is 2.38 bits per heavy atom. The topological polar surface area (TPSA) is 98.5 Å². The highest BCUT2D eigenvalue weighted by atomic mass is 32.2. The van der Waals surface area contributed by atoms with Crippen LogP contribution in [-0.4, -0.2) is 37.4 Å². The first-order valence-electron chi connectivity index (χ1n) is 9.27. The number of ether oxygens (including phenoxy) is 1. The predicted octanol–water partition coefficient (Wildman–Crippen LogP) is 2.99. The summed E-state index contributed by atoms with van der Waals surface area (Å²) in [6.45, 7) is 4.97. The van der Waals surface area contributed by atoms with Gasteiger partial charge < -0.3 is 15.8 Å². The van der Waals surface area contributed by atoms with Gasteiger partial charge in [0.15, 0.2) is 9.84 Å². The highest BCUT2D eigenvalue weighted by Gasteiger charge is 2.71. The summed E-state index contributed by atoms with van der Waals surface area (Å²) in [5.74, 6) is -1.20.